The summed E-state index contributed by atoms with van der Waals surface area (Å²) in [7, 11) is 0. The van der Waals surface area contributed by atoms with E-state index in [0.29, 0.717) is 24.3 Å². The van der Waals surface area contributed by atoms with Crippen LogP contribution in [0.3, 0.4) is 0 Å². The van der Waals surface area contributed by atoms with Crippen molar-refractivity contribution >= 4 is 23.4 Å². The highest BCUT2D eigenvalue weighted by molar-refractivity contribution is 6.39. The topological polar surface area (TPSA) is 91.4 Å². The van der Waals surface area contributed by atoms with Crippen molar-refractivity contribution in [2.24, 2.45) is 0 Å². The maximum atomic E-state index is 12.5. The second-order valence-corrected chi connectivity index (χ2v) is 6.00. The highest BCUT2D eigenvalue weighted by Crippen LogP contribution is 2.16. The first-order valence-electron chi connectivity index (χ1n) is 8.52. The first-order chi connectivity index (χ1) is 12.6. The molecule has 2 heterocycles. The molecule has 0 saturated carbocycles. The van der Waals surface area contributed by atoms with Crippen LogP contribution in [0.5, 0.6) is 0 Å². The number of para-hydroxylation sites is 1. The van der Waals surface area contributed by atoms with Crippen LogP contribution < -0.4 is 10.6 Å². The summed E-state index contributed by atoms with van der Waals surface area (Å²) >= 11 is 0. The third-order valence-electron chi connectivity index (χ3n) is 4.16. The predicted octanol–water partition coefficient (Wildman–Crippen LogP) is 1.57. The number of amides is 3. The summed E-state index contributed by atoms with van der Waals surface area (Å²) in [4.78, 5) is 42.5. The monoisotopic (exact) mass is 352 g/mol. The molecule has 26 heavy (non-hydrogen) atoms. The van der Waals surface area contributed by atoms with E-state index in [-0.39, 0.29) is 12.5 Å². The summed E-state index contributed by atoms with van der Waals surface area (Å²) in [6, 6.07) is 12.1. The van der Waals surface area contributed by atoms with Crippen molar-refractivity contribution in [1.29, 1.82) is 0 Å². The molecule has 7 heteroatoms. The Morgan fingerprint density at radius 3 is 2.46 bits per heavy atom. The van der Waals surface area contributed by atoms with Gasteiger partial charge in [-0.25, -0.2) is 0 Å². The van der Waals surface area contributed by atoms with Crippen molar-refractivity contribution in [2.45, 2.75) is 19.4 Å². The van der Waals surface area contributed by atoms with Gasteiger partial charge in [-0.2, -0.15) is 0 Å². The van der Waals surface area contributed by atoms with Crippen LogP contribution in [0.1, 0.15) is 28.9 Å². The Bertz CT molecular complexity index is 801. The van der Waals surface area contributed by atoms with Gasteiger partial charge in [0.1, 0.15) is 0 Å². The van der Waals surface area contributed by atoms with Crippen LogP contribution in [-0.4, -0.2) is 40.7 Å². The number of aromatic nitrogens is 1. The van der Waals surface area contributed by atoms with Gasteiger partial charge >= 0.3 is 11.8 Å². The first kappa shape index (κ1) is 17.6. The zero-order valence-corrected chi connectivity index (χ0v) is 14.3. The second kappa shape index (κ2) is 8.24. The molecule has 7 nitrogen and oxygen atoms in total. The molecule has 0 spiro atoms. The van der Waals surface area contributed by atoms with Crippen molar-refractivity contribution in [3.8, 4) is 0 Å². The second-order valence-electron chi connectivity index (χ2n) is 6.00. The van der Waals surface area contributed by atoms with E-state index < -0.39 is 11.8 Å². The standard InChI is InChI=1S/C19H20N4O3/c24-17(21-13-14-7-3-4-10-20-14)15-8-1-2-9-16(15)22-18(25)19(26)23-11-5-6-12-23/h1-4,7-10H,5-6,11-13H2,(H,21,24)(H,22,25). The lowest BCUT2D eigenvalue weighted by Crippen LogP contribution is -2.38. The highest BCUT2D eigenvalue weighted by atomic mass is 16.2. The van der Waals surface area contributed by atoms with Crippen LogP contribution in [0.2, 0.25) is 0 Å². The molecule has 3 amide bonds. The van der Waals surface area contributed by atoms with E-state index in [1.165, 1.54) is 4.90 Å². The Morgan fingerprint density at radius 2 is 1.73 bits per heavy atom. The average Bonchev–Trinajstić information content (AvgIpc) is 3.21. The molecule has 0 unspecified atom stereocenters. The van der Waals surface area contributed by atoms with E-state index >= 15 is 0 Å². The Labute approximate surface area is 151 Å². The van der Waals surface area contributed by atoms with Crippen LogP contribution in [-0.2, 0) is 16.1 Å². The van der Waals surface area contributed by atoms with E-state index in [1.54, 1.807) is 36.5 Å². The lowest BCUT2D eigenvalue weighted by molar-refractivity contribution is -0.142. The zero-order valence-electron chi connectivity index (χ0n) is 14.3. The lowest BCUT2D eigenvalue weighted by Gasteiger charge is -2.16. The Balaban J connectivity index is 1.66. The van der Waals surface area contributed by atoms with Gasteiger partial charge in [0.2, 0.25) is 0 Å². The SMILES string of the molecule is O=C(Nc1ccccc1C(=O)NCc1ccccn1)C(=O)N1CCCC1. The van der Waals surface area contributed by atoms with Crippen molar-refractivity contribution < 1.29 is 14.4 Å². The smallest absolute Gasteiger partial charge is 0.313 e. The number of likely N-dealkylation sites (tertiary alicyclic amines) is 1. The molecule has 134 valence electrons. The number of carbonyl (C=O) groups excluding carboxylic acids is 3. The summed E-state index contributed by atoms with van der Waals surface area (Å²) in [5, 5.41) is 5.32. The summed E-state index contributed by atoms with van der Waals surface area (Å²) in [5.74, 6) is -1.64. The van der Waals surface area contributed by atoms with Gasteiger partial charge < -0.3 is 15.5 Å². The van der Waals surface area contributed by atoms with Gasteiger partial charge in [0, 0.05) is 19.3 Å². The van der Waals surface area contributed by atoms with E-state index in [9.17, 15) is 14.4 Å². The summed E-state index contributed by atoms with van der Waals surface area (Å²) in [6.07, 6.45) is 3.47. The number of benzene rings is 1. The lowest BCUT2D eigenvalue weighted by atomic mass is 10.1. The van der Waals surface area contributed by atoms with E-state index in [4.69, 9.17) is 0 Å². The number of pyridine rings is 1. The molecule has 1 aromatic heterocycles. The quantitative estimate of drug-likeness (QED) is 0.817. The number of anilines is 1. The average molecular weight is 352 g/mol. The third-order valence-corrected chi connectivity index (χ3v) is 4.16. The Kier molecular flexibility index (Phi) is 5.58. The molecular formula is C19H20N4O3. The molecular weight excluding hydrogens is 332 g/mol. The predicted molar refractivity (Wildman–Crippen MR) is 96.3 cm³/mol. The van der Waals surface area contributed by atoms with Gasteiger partial charge in [0.25, 0.3) is 5.91 Å². The zero-order chi connectivity index (χ0) is 18.4. The molecule has 1 saturated heterocycles. The highest BCUT2D eigenvalue weighted by Gasteiger charge is 2.25. The summed E-state index contributed by atoms with van der Waals surface area (Å²) < 4.78 is 0. The van der Waals surface area contributed by atoms with Crippen molar-refractivity contribution in [1.82, 2.24) is 15.2 Å². The number of nitrogens with zero attached hydrogens (tertiary/aromatic N) is 2. The van der Waals surface area contributed by atoms with Crippen LogP contribution in [0.4, 0.5) is 5.69 Å². The number of hydrogen-bond donors (Lipinski definition) is 2. The molecule has 0 atom stereocenters. The van der Waals surface area contributed by atoms with Gasteiger partial charge in [-0.15, -0.1) is 0 Å². The maximum absolute atomic E-state index is 12.5. The van der Waals surface area contributed by atoms with E-state index in [0.717, 1.165) is 18.5 Å². The van der Waals surface area contributed by atoms with E-state index in [1.807, 2.05) is 12.1 Å². The fourth-order valence-corrected chi connectivity index (χ4v) is 2.80. The summed E-state index contributed by atoms with van der Waals surface area (Å²) in [5.41, 5.74) is 1.33. The maximum Gasteiger partial charge on any atom is 0.313 e. The van der Waals surface area contributed by atoms with Gasteiger partial charge in [-0.05, 0) is 37.1 Å². The van der Waals surface area contributed by atoms with Gasteiger partial charge in [-0.1, -0.05) is 18.2 Å². The normalized spacial score (nSPS) is 13.3. The fourth-order valence-electron chi connectivity index (χ4n) is 2.80. The number of rotatable bonds is 4. The fraction of sp³-hybridized carbons (Fsp3) is 0.263. The molecule has 2 aromatic rings. The van der Waals surface area contributed by atoms with Gasteiger partial charge in [0.05, 0.1) is 23.5 Å². The van der Waals surface area contributed by atoms with Gasteiger partial charge in [-0.3, -0.25) is 19.4 Å². The minimum Gasteiger partial charge on any atom is -0.346 e. The van der Waals surface area contributed by atoms with Crippen LogP contribution in [0.15, 0.2) is 48.7 Å². The third kappa shape index (κ3) is 4.24. The Hall–Kier alpha value is -3.22. The molecule has 1 aromatic carbocycles. The molecule has 1 aliphatic rings. The number of carbonyl (C=O) groups is 3. The largest absolute Gasteiger partial charge is 0.346 e. The molecule has 3 rings (SSSR count). The molecule has 0 radical (unpaired) electrons. The van der Waals surface area contributed by atoms with E-state index in [2.05, 4.69) is 15.6 Å². The van der Waals surface area contributed by atoms with Crippen LogP contribution in [0.25, 0.3) is 0 Å². The molecule has 2 N–H and O–H groups in total. The van der Waals surface area contributed by atoms with Crippen LogP contribution in [0, 0.1) is 0 Å². The Morgan fingerprint density at radius 1 is 1.00 bits per heavy atom. The van der Waals surface area contributed by atoms with Crippen molar-refractivity contribution in [2.75, 3.05) is 18.4 Å². The first-order valence-corrected chi connectivity index (χ1v) is 8.52. The van der Waals surface area contributed by atoms with Crippen molar-refractivity contribution in [3.05, 3.63) is 59.9 Å². The molecule has 0 aliphatic carbocycles. The molecule has 1 fully saturated rings. The van der Waals surface area contributed by atoms with Crippen molar-refractivity contribution in [3.63, 3.8) is 0 Å². The van der Waals surface area contributed by atoms with Gasteiger partial charge in [0.15, 0.2) is 0 Å². The van der Waals surface area contributed by atoms with Crippen LogP contribution >= 0.6 is 0 Å². The number of hydrogen-bond acceptors (Lipinski definition) is 4. The minimum absolute atomic E-state index is 0.272. The summed E-state index contributed by atoms with van der Waals surface area (Å²) in [6.45, 7) is 1.46. The number of nitrogens with one attached hydrogen (secondary N) is 2. The minimum atomic E-state index is -0.725. The molecule has 0 bridgehead atoms. The molecule has 1 aliphatic heterocycles.